The van der Waals surface area contributed by atoms with Gasteiger partial charge in [-0.2, -0.15) is 0 Å². The highest BCUT2D eigenvalue weighted by Crippen LogP contribution is 2.28. The number of amides is 1. The van der Waals surface area contributed by atoms with Crippen LogP contribution < -0.4 is 11.1 Å². The minimum absolute atomic E-state index is 0.0629. The van der Waals surface area contributed by atoms with Crippen LogP contribution >= 0.6 is 0 Å². The van der Waals surface area contributed by atoms with Gasteiger partial charge in [0.25, 0.3) is 0 Å². The maximum atomic E-state index is 14.1. The number of benzene rings is 1. The Morgan fingerprint density at radius 1 is 1.21 bits per heavy atom. The SMILES string of the molecule is NC(=O)c1ccc(O)c(-c2ccc(NCC[C@H](F)Cc3ncccc3F)nn2)c1. The van der Waals surface area contributed by atoms with E-state index in [2.05, 4.69) is 20.5 Å². The molecule has 2 aromatic heterocycles. The zero-order valence-corrected chi connectivity index (χ0v) is 15.3. The Labute approximate surface area is 165 Å². The number of nitrogens with two attached hydrogens (primary N) is 1. The number of alkyl halides is 1. The molecule has 1 amide bonds. The number of pyridine rings is 1. The van der Waals surface area contributed by atoms with Gasteiger partial charge in [-0.05, 0) is 48.9 Å². The van der Waals surface area contributed by atoms with E-state index in [1.807, 2.05) is 0 Å². The molecule has 29 heavy (non-hydrogen) atoms. The van der Waals surface area contributed by atoms with E-state index in [1.165, 1.54) is 36.5 Å². The van der Waals surface area contributed by atoms with Crippen molar-refractivity contribution in [1.82, 2.24) is 15.2 Å². The number of hydrogen-bond acceptors (Lipinski definition) is 6. The Bertz CT molecular complexity index is 998. The Balaban J connectivity index is 1.57. The van der Waals surface area contributed by atoms with Gasteiger partial charge in [0.1, 0.15) is 23.6 Å². The number of carbonyl (C=O) groups excluding carboxylic acids is 1. The number of primary amides is 1. The first-order valence-corrected chi connectivity index (χ1v) is 8.88. The molecule has 0 radical (unpaired) electrons. The molecule has 0 aliphatic heterocycles. The minimum atomic E-state index is -1.26. The molecule has 150 valence electrons. The lowest BCUT2D eigenvalue weighted by Gasteiger charge is -2.10. The smallest absolute Gasteiger partial charge is 0.248 e. The summed E-state index contributed by atoms with van der Waals surface area (Å²) >= 11 is 0. The van der Waals surface area contributed by atoms with Crippen molar-refractivity contribution >= 4 is 11.7 Å². The molecule has 0 bridgehead atoms. The average molecular weight is 399 g/mol. The molecule has 3 aromatic rings. The largest absolute Gasteiger partial charge is 0.507 e. The molecule has 7 nitrogen and oxygen atoms in total. The molecule has 4 N–H and O–H groups in total. The number of anilines is 1. The number of aromatic hydroxyl groups is 1. The molecule has 3 rings (SSSR count). The second-order valence-corrected chi connectivity index (χ2v) is 6.35. The fraction of sp³-hybridized carbons (Fsp3) is 0.200. The highest BCUT2D eigenvalue weighted by Gasteiger charge is 2.13. The third kappa shape index (κ3) is 5.22. The lowest BCUT2D eigenvalue weighted by molar-refractivity contribution is 0.100. The van der Waals surface area contributed by atoms with Gasteiger partial charge >= 0.3 is 0 Å². The van der Waals surface area contributed by atoms with Gasteiger partial charge in [0, 0.05) is 30.3 Å². The topological polar surface area (TPSA) is 114 Å². The standard InChI is InChI=1S/C20H19F2N5O2/c21-13(11-17-15(22)2-1-8-24-17)7-9-25-19-6-4-16(26-27-19)14-10-12(20(23)29)3-5-18(14)28/h1-6,8,10,13,28H,7,9,11H2,(H2,23,29)(H,25,27)/t13-/m0/s1. The van der Waals surface area contributed by atoms with Gasteiger partial charge in [0.15, 0.2) is 0 Å². The van der Waals surface area contributed by atoms with Crippen LogP contribution in [0.2, 0.25) is 0 Å². The van der Waals surface area contributed by atoms with E-state index in [1.54, 1.807) is 12.1 Å². The first-order chi connectivity index (χ1) is 13.9. The third-order valence-electron chi connectivity index (χ3n) is 4.23. The highest BCUT2D eigenvalue weighted by molar-refractivity contribution is 5.94. The highest BCUT2D eigenvalue weighted by atomic mass is 19.1. The molecular formula is C20H19F2N5O2. The second kappa shape index (κ2) is 9.05. The van der Waals surface area contributed by atoms with Gasteiger partial charge in [-0.3, -0.25) is 9.78 Å². The van der Waals surface area contributed by atoms with Crippen molar-refractivity contribution < 1.29 is 18.7 Å². The number of carbonyl (C=O) groups is 1. The number of aromatic nitrogens is 3. The lowest BCUT2D eigenvalue weighted by Crippen LogP contribution is -2.14. The Morgan fingerprint density at radius 3 is 2.72 bits per heavy atom. The molecule has 0 fully saturated rings. The number of phenolic OH excluding ortho intramolecular Hbond substituents is 1. The van der Waals surface area contributed by atoms with Gasteiger partial charge in [-0.1, -0.05) is 0 Å². The summed E-state index contributed by atoms with van der Waals surface area (Å²) in [5, 5.41) is 20.9. The predicted octanol–water partition coefficient (Wildman–Crippen LogP) is 2.87. The number of rotatable bonds is 8. The van der Waals surface area contributed by atoms with Crippen molar-refractivity contribution in [2.24, 2.45) is 5.73 Å². The molecule has 1 aromatic carbocycles. The van der Waals surface area contributed by atoms with Gasteiger partial charge in [0.05, 0.1) is 11.4 Å². The van der Waals surface area contributed by atoms with Gasteiger partial charge in [-0.15, -0.1) is 10.2 Å². The van der Waals surface area contributed by atoms with Crippen molar-refractivity contribution in [3.8, 4) is 17.0 Å². The average Bonchev–Trinajstić information content (AvgIpc) is 2.70. The maximum absolute atomic E-state index is 14.1. The summed E-state index contributed by atoms with van der Waals surface area (Å²) in [6.07, 6.45) is 0.208. The number of nitrogens with one attached hydrogen (secondary N) is 1. The van der Waals surface area contributed by atoms with Crippen LogP contribution in [0.3, 0.4) is 0 Å². The molecule has 0 saturated heterocycles. The zero-order chi connectivity index (χ0) is 20.8. The minimum Gasteiger partial charge on any atom is -0.507 e. The van der Waals surface area contributed by atoms with E-state index in [-0.39, 0.29) is 36.4 Å². The molecule has 0 saturated carbocycles. The normalized spacial score (nSPS) is 11.8. The van der Waals surface area contributed by atoms with E-state index < -0.39 is 17.9 Å². The Kier molecular flexibility index (Phi) is 6.28. The summed E-state index contributed by atoms with van der Waals surface area (Å²) in [6, 6.07) is 10.1. The van der Waals surface area contributed by atoms with Crippen molar-refractivity contribution in [2.75, 3.05) is 11.9 Å². The van der Waals surface area contributed by atoms with Crippen LogP contribution in [-0.2, 0) is 6.42 Å². The number of halogens is 2. The monoisotopic (exact) mass is 399 g/mol. The number of nitrogens with zero attached hydrogens (tertiary/aromatic N) is 3. The van der Waals surface area contributed by atoms with Crippen molar-refractivity contribution in [3.05, 3.63) is 65.7 Å². The molecule has 0 unspecified atom stereocenters. The van der Waals surface area contributed by atoms with Crippen LogP contribution in [0.1, 0.15) is 22.5 Å². The van der Waals surface area contributed by atoms with Crippen LogP contribution in [-0.4, -0.2) is 38.9 Å². The predicted molar refractivity (Wildman–Crippen MR) is 104 cm³/mol. The summed E-state index contributed by atoms with van der Waals surface area (Å²) in [5.74, 6) is -0.792. The summed E-state index contributed by atoms with van der Waals surface area (Å²) in [5.41, 5.74) is 6.26. The van der Waals surface area contributed by atoms with Gasteiger partial charge < -0.3 is 16.2 Å². The number of phenols is 1. The Hall–Kier alpha value is -3.62. The van der Waals surface area contributed by atoms with Crippen LogP contribution in [0.15, 0.2) is 48.7 Å². The van der Waals surface area contributed by atoms with Crippen LogP contribution in [0.25, 0.3) is 11.3 Å². The quantitative estimate of drug-likeness (QED) is 0.537. The zero-order valence-electron chi connectivity index (χ0n) is 15.3. The molecule has 2 heterocycles. The summed E-state index contributed by atoms with van der Waals surface area (Å²) < 4.78 is 27.6. The van der Waals surface area contributed by atoms with Gasteiger partial charge in [-0.25, -0.2) is 8.78 Å². The van der Waals surface area contributed by atoms with E-state index in [4.69, 9.17) is 5.73 Å². The van der Waals surface area contributed by atoms with Crippen molar-refractivity contribution in [1.29, 1.82) is 0 Å². The summed E-state index contributed by atoms with van der Waals surface area (Å²) in [7, 11) is 0. The molecule has 1 atom stereocenters. The molecule has 9 heteroatoms. The van der Waals surface area contributed by atoms with Crippen molar-refractivity contribution in [2.45, 2.75) is 19.0 Å². The first-order valence-electron chi connectivity index (χ1n) is 8.88. The van der Waals surface area contributed by atoms with Crippen molar-refractivity contribution in [3.63, 3.8) is 0 Å². The lowest BCUT2D eigenvalue weighted by atomic mass is 10.1. The van der Waals surface area contributed by atoms with Crippen LogP contribution in [0.5, 0.6) is 5.75 Å². The summed E-state index contributed by atoms with van der Waals surface area (Å²) in [6.45, 7) is 0.270. The summed E-state index contributed by atoms with van der Waals surface area (Å²) in [4.78, 5) is 15.1. The Morgan fingerprint density at radius 2 is 2.03 bits per heavy atom. The van der Waals surface area contributed by atoms with E-state index in [0.717, 1.165) is 0 Å². The maximum Gasteiger partial charge on any atom is 0.248 e. The van der Waals surface area contributed by atoms with Gasteiger partial charge in [0.2, 0.25) is 5.91 Å². The fourth-order valence-electron chi connectivity index (χ4n) is 2.70. The molecule has 0 aliphatic rings. The molecule has 0 spiro atoms. The third-order valence-corrected chi connectivity index (χ3v) is 4.23. The molecular weight excluding hydrogens is 380 g/mol. The second-order valence-electron chi connectivity index (χ2n) is 6.35. The first kappa shape index (κ1) is 20.1. The number of hydrogen-bond donors (Lipinski definition) is 3. The van der Waals surface area contributed by atoms with E-state index in [9.17, 15) is 18.7 Å². The van der Waals surface area contributed by atoms with E-state index >= 15 is 0 Å². The van der Waals surface area contributed by atoms with E-state index in [0.29, 0.717) is 17.1 Å². The molecule has 0 aliphatic carbocycles. The van der Waals surface area contributed by atoms with Crippen LogP contribution in [0.4, 0.5) is 14.6 Å². The fourth-order valence-corrected chi connectivity index (χ4v) is 2.70. The van der Waals surface area contributed by atoms with Crippen LogP contribution in [0, 0.1) is 5.82 Å².